The summed E-state index contributed by atoms with van der Waals surface area (Å²) in [5, 5.41) is 0. The number of rotatable bonds is 6. The molecule has 5 heteroatoms. The number of methoxy groups -OCH3 is 2. The van der Waals surface area contributed by atoms with Gasteiger partial charge in [0.15, 0.2) is 0 Å². The highest BCUT2D eigenvalue weighted by Gasteiger charge is 2.11. The molecular weight excluding hydrogens is 348 g/mol. The van der Waals surface area contributed by atoms with Crippen LogP contribution in [0.2, 0.25) is 0 Å². The maximum atomic E-state index is 5.70. The van der Waals surface area contributed by atoms with Gasteiger partial charge in [-0.25, -0.2) is 0 Å². The third kappa shape index (κ3) is 4.34. The van der Waals surface area contributed by atoms with E-state index in [0.29, 0.717) is 6.54 Å². The van der Waals surface area contributed by atoms with E-state index in [1.165, 1.54) is 0 Å². The highest BCUT2D eigenvalue weighted by molar-refractivity contribution is 5.85. The topological polar surface area (TPSA) is 57.4 Å². The molecule has 4 nitrogen and oxygen atoms in total. The Morgan fingerprint density at radius 1 is 0.769 bits per heavy atom. The number of hydrogen-bond donors (Lipinski definition) is 1. The van der Waals surface area contributed by atoms with E-state index in [2.05, 4.69) is 6.07 Å². The lowest BCUT2D eigenvalue weighted by molar-refractivity contribution is 0.414. The van der Waals surface area contributed by atoms with Gasteiger partial charge in [0.05, 0.1) is 19.9 Å². The third-order valence-corrected chi connectivity index (χ3v) is 4.12. The van der Waals surface area contributed by atoms with Crippen LogP contribution in [-0.2, 0) is 6.42 Å². The van der Waals surface area contributed by atoms with Gasteiger partial charge in [0, 0.05) is 23.2 Å². The molecule has 0 aliphatic rings. The molecule has 3 rings (SSSR count). The minimum atomic E-state index is 0. The minimum absolute atomic E-state index is 0. The molecule has 0 aliphatic heterocycles. The van der Waals surface area contributed by atoms with Crippen molar-refractivity contribution in [3.63, 3.8) is 0 Å². The number of halogens is 1. The van der Waals surface area contributed by atoms with Crippen molar-refractivity contribution in [1.82, 2.24) is 4.98 Å². The van der Waals surface area contributed by atoms with Crippen LogP contribution < -0.4 is 15.2 Å². The van der Waals surface area contributed by atoms with Crippen molar-refractivity contribution in [2.24, 2.45) is 5.73 Å². The van der Waals surface area contributed by atoms with Gasteiger partial charge in [-0.05, 0) is 54.6 Å². The Labute approximate surface area is 160 Å². The van der Waals surface area contributed by atoms with E-state index < -0.39 is 0 Å². The zero-order valence-electron chi connectivity index (χ0n) is 14.9. The smallest absolute Gasteiger partial charge is 0.118 e. The van der Waals surface area contributed by atoms with Gasteiger partial charge in [-0.3, -0.25) is 4.98 Å². The molecule has 0 bridgehead atoms. The molecule has 0 amide bonds. The van der Waals surface area contributed by atoms with Crippen molar-refractivity contribution in [3.05, 3.63) is 66.4 Å². The molecule has 2 N–H and O–H groups in total. The third-order valence-electron chi connectivity index (χ3n) is 4.12. The number of ether oxygens (including phenoxy) is 2. The fourth-order valence-corrected chi connectivity index (χ4v) is 2.76. The second kappa shape index (κ2) is 9.22. The van der Waals surface area contributed by atoms with Crippen molar-refractivity contribution in [2.75, 3.05) is 20.8 Å². The SMILES string of the molecule is COc1ccc(-c2ccc(CCN)nc2-c2ccc(OC)cc2)cc1.Cl. The number of nitrogens with zero attached hydrogens (tertiary/aromatic N) is 1. The summed E-state index contributed by atoms with van der Waals surface area (Å²) in [5.74, 6) is 1.66. The molecule has 26 heavy (non-hydrogen) atoms. The first-order chi connectivity index (χ1) is 12.2. The van der Waals surface area contributed by atoms with Crippen molar-refractivity contribution in [3.8, 4) is 33.9 Å². The number of nitrogens with two attached hydrogens (primary N) is 1. The van der Waals surface area contributed by atoms with Gasteiger partial charge in [0.1, 0.15) is 11.5 Å². The second-order valence-corrected chi connectivity index (χ2v) is 5.69. The Balaban J connectivity index is 0.00000243. The number of aromatic nitrogens is 1. The lowest BCUT2D eigenvalue weighted by Crippen LogP contribution is -2.05. The predicted molar refractivity (Wildman–Crippen MR) is 108 cm³/mol. The molecule has 0 atom stereocenters. The van der Waals surface area contributed by atoms with Crippen LogP contribution in [0.15, 0.2) is 60.7 Å². The summed E-state index contributed by atoms with van der Waals surface area (Å²) in [4.78, 5) is 4.86. The number of pyridine rings is 1. The van der Waals surface area contributed by atoms with Crippen molar-refractivity contribution in [2.45, 2.75) is 6.42 Å². The lowest BCUT2D eigenvalue weighted by atomic mass is 9.98. The van der Waals surface area contributed by atoms with Crippen LogP contribution in [-0.4, -0.2) is 25.7 Å². The van der Waals surface area contributed by atoms with Gasteiger partial charge < -0.3 is 15.2 Å². The average Bonchev–Trinajstić information content (AvgIpc) is 2.68. The first-order valence-corrected chi connectivity index (χ1v) is 8.24. The Morgan fingerprint density at radius 2 is 1.31 bits per heavy atom. The van der Waals surface area contributed by atoms with E-state index in [-0.39, 0.29) is 12.4 Å². The normalized spacial score (nSPS) is 10.1. The van der Waals surface area contributed by atoms with E-state index in [1.54, 1.807) is 14.2 Å². The van der Waals surface area contributed by atoms with Gasteiger partial charge in [0.25, 0.3) is 0 Å². The van der Waals surface area contributed by atoms with Crippen molar-refractivity contribution < 1.29 is 9.47 Å². The standard InChI is InChI=1S/C21H22N2O2.ClH/c1-24-18-8-3-15(4-9-18)20-12-7-17(13-14-22)23-21(20)16-5-10-19(25-2)11-6-16;/h3-12H,13-14,22H2,1-2H3;1H. The monoisotopic (exact) mass is 370 g/mol. The quantitative estimate of drug-likeness (QED) is 0.700. The van der Waals surface area contributed by atoms with Gasteiger partial charge in [-0.2, -0.15) is 0 Å². The molecule has 0 radical (unpaired) electrons. The first kappa shape index (κ1) is 19.8. The summed E-state index contributed by atoms with van der Waals surface area (Å²) >= 11 is 0. The average molecular weight is 371 g/mol. The molecule has 0 spiro atoms. The molecule has 0 saturated carbocycles. The zero-order valence-corrected chi connectivity index (χ0v) is 15.8. The van der Waals surface area contributed by atoms with E-state index in [9.17, 15) is 0 Å². The van der Waals surface area contributed by atoms with Crippen LogP contribution in [0.4, 0.5) is 0 Å². The fourth-order valence-electron chi connectivity index (χ4n) is 2.76. The van der Waals surface area contributed by atoms with Crippen LogP contribution in [0.5, 0.6) is 11.5 Å². The van der Waals surface area contributed by atoms with E-state index >= 15 is 0 Å². The van der Waals surface area contributed by atoms with Gasteiger partial charge in [0.2, 0.25) is 0 Å². The highest BCUT2D eigenvalue weighted by Crippen LogP contribution is 2.32. The summed E-state index contributed by atoms with van der Waals surface area (Å²) in [6.07, 6.45) is 0.756. The summed E-state index contributed by atoms with van der Waals surface area (Å²) < 4.78 is 10.5. The predicted octanol–water partition coefficient (Wildman–Crippen LogP) is 4.36. The molecule has 3 aromatic rings. The molecular formula is C21H23ClN2O2. The summed E-state index contributed by atoms with van der Waals surface area (Å²) in [5.41, 5.74) is 10.9. The maximum Gasteiger partial charge on any atom is 0.118 e. The largest absolute Gasteiger partial charge is 0.497 e. The molecule has 1 aromatic heterocycles. The number of benzene rings is 2. The van der Waals surface area contributed by atoms with Crippen LogP contribution in [0, 0.1) is 0 Å². The van der Waals surface area contributed by atoms with E-state index in [4.69, 9.17) is 20.2 Å². The summed E-state index contributed by atoms with van der Waals surface area (Å²) in [7, 11) is 3.33. The number of hydrogen-bond acceptors (Lipinski definition) is 4. The molecule has 1 heterocycles. The van der Waals surface area contributed by atoms with Gasteiger partial charge in [-0.15, -0.1) is 12.4 Å². The Hall–Kier alpha value is -2.56. The Kier molecular flexibility index (Phi) is 7.01. The molecule has 0 fully saturated rings. The highest BCUT2D eigenvalue weighted by atomic mass is 35.5. The lowest BCUT2D eigenvalue weighted by Gasteiger charge is -2.12. The van der Waals surface area contributed by atoms with E-state index in [0.717, 1.165) is 46.0 Å². The Bertz CT molecular complexity index is 834. The minimum Gasteiger partial charge on any atom is -0.497 e. The molecule has 0 unspecified atom stereocenters. The second-order valence-electron chi connectivity index (χ2n) is 5.69. The Morgan fingerprint density at radius 3 is 1.81 bits per heavy atom. The molecule has 0 aliphatic carbocycles. The van der Waals surface area contributed by atoms with Crippen LogP contribution in [0.1, 0.15) is 5.69 Å². The van der Waals surface area contributed by atoms with Crippen LogP contribution in [0.25, 0.3) is 22.4 Å². The molecule has 0 saturated heterocycles. The molecule has 2 aromatic carbocycles. The van der Waals surface area contributed by atoms with Crippen molar-refractivity contribution in [1.29, 1.82) is 0 Å². The van der Waals surface area contributed by atoms with Crippen LogP contribution in [0.3, 0.4) is 0 Å². The van der Waals surface area contributed by atoms with Gasteiger partial charge >= 0.3 is 0 Å². The maximum absolute atomic E-state index is 5.70. The van der Waals surface area contributed by atoms with Crippen LogP contribution >= 0.6 is 12.4 Å². The summed E-state index contributed by atoms with van der Waals surface area (Å²) in [6, 6.07) is 20.1. The van der Waals surface area contributed by atoms with E-state index in [1.807, 2.05) is 54.6 Å². The summed E-state index contributed by atoms with van der Waals surface area (Å²) in [6.45, 7) is 0.580. The fraction of sp³-hybridized carbons (Fsp3) is 0.190. The van der Waals surface area contributed by atoms with Crippen molar-refractivity contribution >= 4 is 12.4 Å². The first-order valence-electron chi connectivity index (χ1n) is 8.24. The van der Waals surface area contributed by atoms with Gasteiger partial charge in [-0.1, -0.05) is 18.2 Å². The zero-order chi connectivity index (χ0) is 17.6. The molecule has 136 valence electrons.